The van der Waals surface area contributed by atoms with Gasteiger partial charge in [-0.3, -0.25) is 0 Å². The predicted octanol–water partition coefficient (Wildman–Crippen LogP) is 6.88. The first kappa shape index (κ1) is 21.8. The van der Waals surface area contributed by atoms with Crippen LogP contribution in [0.5, 0.6) is 0 Å². The fourth-order valence-electron chi connectivity index (χ4n) is 3.67. The van der Waals surface area contributed by atoms with E-state index in [1.807, 2.05) is 0 Å². The van der Waals surface area contributed by atoms with Gasteiger partial charge < -0.3 is 9.74 Å². The number of hydrogen-bond acceptors (Lipinski definition) is 2. The highest BCUT2D eigenvalue weighted by Gasteiger charge is 2.42. The van der Waals surface area contributed by atoms with Gasteiger partial charge in [0.25, 0.3) is 0 Å². The molecule has 0 saturated carbocycles. The second-order valence-electron chi connectivity index (χ2n) is 9.59. The lowest BCUT2D eigenvalue weighted by molar-refractivity contribution is 0.143. The van der Waals surface area contributed by atoms with E-state index in [4.69, 9.17) is 4.43 Å². The van der Waals surface area contributed by atoms with Crippen LogP contribution >= 0.6 is 15.9 Å². The molecule has 1 aliphatic rings. The summed E-state index contributed by atoms with van der Waals surface area (Å²) in [6.45, 7) is 11.7. The summed E-state index contributed by atoms with van der Waals surface area (Å²) in [5, 5.41) is 4.12. The van der Waals surface area contributed by atoms with Crippen LogP contribution in [0.2, 0.25) is 18.1 Å². The van der Waals surface area contributed by atoms with Crippen LogP contribution < -0.4 is 5.32 Å². The van der Waals surface area contributed by atoms with Crippen molar-refractivity contribution in [2.45, 2.75) is 76.4 Å². The van der Waals surface area contributed by atoms with Gasteiger partial charge in [-0.25, -0.2) is 0 Å². The van der Waals surface area contributed by atoms with Gasteiger partial charge in [0.2, 0.25) is 0 Å². The largest absolute Gasteiger partial charge is 0.408 e. The molecule has 1 aliphatic heterocycles. The van der Waals surface area contributed by atoms with Gasteiger partial charge in [0, 0.05) is 16.6 Å². The lowest BCUT2D eigenvalue weighted by Crippen LogP contribution is -2.46. The number of halogens is 1. The van der Waals surface area contributed by atoms with Gasteiger partial charge in [0.15, 0.2) is 8.32 Å². The maximum Gasteiger partial charge on any atom is 0.192 e. The Morgan fingerprint density at radius 3 is 2.29 bits per heavy atom. The van der Waals surface area contributed by atoms with Gasteiger partial charge in [0.1, 0.15) is 0 Å². The standard InChI is InChI=1S/C24H34BrNOSi/c1-24(2,3)28(4,5)27-23(19-9-7-6-8-10-19)22-16-15-21(26-22)17-18-11-13-20(25)14-12-18/h6-14,21-23,26H,15-17H2,1-5H3/t21-,22+,23+/m0/s1. The summed E-state index contributed by atoms with van der Waals surface area (Å²) in [6, 6.07) is 20.4. The van der Waals surface area contributed by atoms with Gasteiger partial charge in [-0.05, 0) is 60.7 Å². The lowest BCUT2D eigenvalue weighted by atomic mass is 10.0. The Hall–Kier alpha value is -0.943. The number of hydrogen-bond donors (Lipinski definition) is 1. The van der Waals surface area contributed by atoms with Crippen LogP contribution in [-0.4, -0.2) is 20.4 Å². The number of benzene rings is 2. The first-order valence-electron chi connectivity index (χ1n) is 10.4. The van der Waals surface area contributed by atoms with Crippen molar-refractivity contribution in [1.29, 1.82) is 0 Å². The zero-order chi connectivity index (χ0) is 20.4. The van der Waals surface area contributed by atoms with Crippen molar-refractivity contribution in [3.05, 3.63) is 70.2 Å². The third-order valence-electron chi connectivity index (χ3n) is 6.39. The van der Waals surface area contributed by atoms with Crippen molar-refractivity contribution < 1.29 is 4.43 Å². The van der Waals surface area contributed by atoms with E-state index in [1.54, 1.807) is 0 Å². The van der Waals surface area contributed by atoms with E-state index in [0.717, 1.165) is 17.3 Å². The first-order valence-corrected chi connectivity index (χ1v) is 14.1. The zero-order valence-electron chi connectivity index (χ0n) is 17.8. The molecule has 1 saturated heterocycles. The highest BCUT2D eigenvalue weighted by Crippen LogP contribution is 2.41. The Balaban J connectivity index is 1.75. The van der Waals surface area contributed by atoms with Crippen molar-refractivity contribution in [2.24, 2.45) is 0 Å². The predicted molar refractivity (Wildman–Crippen MR) is 125 cm³/mol. The molecule has 0 amide bonds. The molecule has 28 heavy (non-hydrogen) atoms. The van der Waals surface area contributed by atoms with Gasteiger partial charge >= 0.3 is 0 Å². The van der Waals surface area contributed by atoms with Crippen LogP contribution in [0.15, 0.2) is 59.1 Å². The van der Waals surface area contributed by atoms with E-state index >= 15 is 0 Å². The summed E-state index contributed by atoms with van der Waals surface area (Å²) in [4.78, 5) is 0. The molecule has 0 aromatic heterocycles. The minimum atomic E-state index is -1.87. The van der Waals surface area contributed by atoms with Crippen LogP contribution in [0.4, 0.5) is 0 Å². The number of rotatable bonds is 6. The van der Waals surface area contributed by atoms with E-state index in [1.165, 1.54) is 17.5 Å². The molecule has 0 unspecified atom stereocenters. The van der Waals surface area contributed by atoms with E-state index < -0.39 is 8.32 Å². The molecule has 0 aliphatic carbocycles. The summed E-state index contributed by atoms with van der Waals surface area (Å²) in [7, 11) is -1.87. The van der Waals surface area contributed by atoms with Crippen LogP contribution in [-0.2, 0) is 10.8 Å². The zero-order valence-corrected chi connectivity index (χ0v) is 20.4. The van der Waals surface area contributed by atoms with Crippen LogP contribution in [0.25, 0.3) is 0 Å². The SMILES string of the molecule is CC(C)(C)[Si](C)(C)O[C@H](c1ccccc1)[C@H]1CC[C@@H](Cc2ccc(Br)cc2)N1. The van der Waals surface area contributed by atoms with Gasteiger partial charge in [-0.1, -0.05) is 79.2 Å². The van der Waals surface area contributed by atoms with E-state index in [2.05, 4.69) is 110 Å². The first-order chi connectivity index (χ1) is 13.2. The van der Waals surface area contributed by atoms with Crippen molar-refractivity contribution in [2.75, 3.05) is 0 Å². The fraction of sp³-hybridized carbons (Fsp3) is 0.500. The number of nitrogens with one attached hydrogen (secondary N) is 1. The highest BCUT2D eigenvalue weighted by molar-refractivity contribution is 9.10. The second-order valence-corrected chi connectivity index (χ2v) is 15.3. The molecule has 3 rings (SSSR count). The average Bonchev–Trinajstić information content (AvgIpc) is 3.10. The molecule has 0 radical (unpaired) electrons. The van der Waals surface area contributed by atoms with E-state index in [0.29, 0.717) is 12.1 Å². The molecule has 0 spiro atoms. The molecule has 2 nitrogen and oxygen atoms in total. The molecule has 1 N–H and O–H groups in total. The summed E-state index contributed by atoms with van der Waals surface area (Å²) >= 11 is 3.53. The molecular formula is C24H34BrNOSi. The third-order valence-corrected chi connectivity index (χ3v) is 11.4. The summed E-state index contributed by atoms with van der Waals surface area (Å²) in [5.41, 5.74) is 2.69. The van der Waals surface area contributed by atoms with Crippen molar-refractivity contribution >= 4 is 24.2 Å². The molecule has 4 heteroatoms. The summed E-state index contributed by atoms with van der Waals surface area (Å²) in [6.07, 6.45) is 3.56. The van der Waals surface area contributed by atoms with E-state index in [-0.39, 0.29) is 11.1 Å². The van der Waals surface area contributed by atoms with Crippen molar-refractivity contribution in [1.82, 2.24) is 5.32 Å². The maximum atomic E-state index is 6.96. The van der Waals surface area contributed by atoms with Gasteiger partial charge in [0.05, 0.1) is 6.10 Å². The van der Waals surface area contributed by atoms with Gasteiger partial charge in [-0.2, -0.15) is 0 Å². The summed E-state index contributed by atoms with van der Waals surface area (Å²) in [5.74, 6) is 0. The Labute approximate surface area is 180 Å². The van der Waals surface area contributed by atoms with Crippen LogP contribution in [0, 0.1) is 0 Å². The van der Waals surface area contributed by atoms with E-state index in [9.17, 15) is 0 Å². The highest BCUT2D eigenvalue weighted by atomic mass is 79.9. The fourth-order valence-corrected chi connectivity index (χ4v) is 5.23. The quantitative estimate of drug-likeness (QED) is 0.475. The molecule has 2 aromatic rings. The maximum absolute atomic E-state index is 6.96. The van der Waals surface area contributed by atoms with Crippen molar-refractivity contribution in [3.8, 4) is 0 Å². The average molecular weight is 461 g/mol. The summed E-state index contributed by atoms with van der Waals surface area (Å²) < 4.78 is 8.10. The van der Waals surface area contributed by atoms with Crippen molar-refractivity contribution in [3.63, 3.8) is 0 Å². The molecule has 3 atom stereocenters. The monoisotopic (exact) mass is 459 g/mol. The Bertz CT molecular complexity index is 754. The Morgan fingerprint density at radius 1 is 1.04 bits per heavy atom. The molecule has 1 heterocycles. The minimum Gasteiger partial charge on any atom is -0.408 e. The molecular weight excluding hydrogens is 426 g/mol. The van der Waals surface area contributed by atoms with Gasteiger partial charge in [-0.15, -0.1) is 0 Å². The smallest absolute Gasteiger partial charge is 0.192 e. The molecule has 1 fully saturated rings. The lowest BCUT2D eigenvalue weighted by Gasteiger charge is -2.41. The molecule has 0 bridgehead atoms. The minimum absolute atomic E-state index is 0.122. The third kappa shape index (κ3) is 5.35. The normalized spacial score (nSPS) is 21.6. The molecule has 152 valence electrons. The Kier molecular flexibility index (Phi) is 6.86. The van der Waals surface area contributed by atoms with Crippen LogP contribution in [0.3, 0.4) is 0 Å². The Morgan fingerprint density at radius 2 is 1.68 bits per heavy atom. The topological polar surface area (TPSA) is 21.3 Å². The second kappa shape index (κ2) is 8.82. The molecule has 2 aromatic carbocycles. The van der Waals surface area contributed by atoms with Crippen LogP contribution in [0.1, 0.15) is 50.8 Å².